The van der Waals surface area contributed by atoms with E-state index < -0.39 is 0 Å². The molecule has 2 N–H and O–H groups in total. The molecule has 0 amide bonds. The van der Waals surface area contributed by atoms with Crippen molar-refractivity contribution >= 4 is 11.6 Å². The van der Waals surface area contributed by atoms with Crippen molar-refractivity contribution < 1.29 is 4.74 Å². The molecule has 0 aliphatic rings. The minimum absolute atomic E-state index is 0.232. The van der Waals surface area contributed by atoms with Gasteiger partial charge in [0.2, 0.25) is 5.88 Å². The molecule has 2 aromatic rings. The van der Waals surface area contributed by atoms with Gasteiger partial charge in [-0.2, -0.15) is 5.10 Å². The summed E-state index contributed by atoms with van der Waals surface area (Å²) < 4.78 is 6.88. The van der Waals surface area contributed by atoms with Crippen LogP contribution >= 0.6 is 11.6 Å². The second-order valence-electron chi connectivity index (χ2n) is 4.39. The van der Waals surface area contributed by atoms with Crippen LogP contribution in [0.25, 0.3) is 0 Å². The van der Waals surface area contributed by atoms with Crippen molar-refractivity contribution in [2.75, 3.05) is 7.11 Å². The molecule has 1 atom stereocenters. The van der Waals surface area contributed by atoms with Gasteiger partial charge in [-0.15, -0.1) is 0 Å². The monoisotopic (exact) mass is 280 g/mol. The Kier molecular flexibility index (Phi) is 4.07. The topological polar surface area (TPSA) is 66.0 Å². The normalized spacial score (nSPS) is 12.5. The van der Waals surface area contributed by atoms with E-state index in [-0.39, 0.29) is 6.04 Å². The lowest BCUT2D eigenvalue weighted by Gasteiger charge is -2.14. The van der Waals surface area contributed by atoms with Crippen LogP contribution in [0.5, 0.6) is 5.88 Å². The van der Waals surface area contributed by atoms with Crippen LogP contribution in [0.15, 0.2) is 18.3 Å². The maximum Gasteiger partial charge on any atom is 0.217 e. The van der Waals surface area contributed by atoms with Gasteiger partial charge in [0, 0.05) is 30.4 Å². The molecule has 0 aliphatic heterocycles. The number of halogens is 1. The van der Waals surface area contributed by atoms with Gasteiger partial charge in [0.25, 0.3) is 0 Å². The van der Waals surface area contributed by atoms with E-state index in [9.17, 15) is 0 Å². The summed E-state index contributed by atoms with van der Waals surface area (Å²) in [5, 5.41) is 4.90. The fraction of sp³-hybridized carbons (Fsp3) is 0.385. The summed E-state index contributed by atoms with van der Waals surface area (Å²) in [6.45, 7) is 1.93. The van der Waals surface area contributed by atoms with Gasteiger partial charge in [-0.3, -0.25) is 4.68 Å². The van der Waals surface area contributed by atoms with Crippen molar-refractivity contribution in [2.45, 2.75) is 19.4 Å². The number of aryl methyl sites for hydroxylation is 2. The maximum absolute atomic E-state index is 6.23. The minimum Gasteiger partial charge on any atom is -0.481 e. The summed E-state index contributed by atoms with van der Waals surface area (Å²) in [4.78, 5) is 4.15. The fourth-order valence-corrected chi connectivity index (χ4v) is 2.34. The average molecular weight is 281 g/mol. The summed E-state index contributed by atoms with van der Waals surface area (Å²) >= 11 is 6.22. The van der Waals surface area contributed by atoms with Gasteiger partial charge < -0.3 is 10.5 Å². The molecule has 2 aromatic heterocycles. The third-order valence-electron chi connectivity index (χ3n) is 3.09. The minimum atomic E-state index is -0.232. The van der Waals surface area contributed by atoms with E-state index in [0.717, 1.165) is 16.8 Å². The number of methoxy groups -OCH3 is 1. The molecule has 0 radical (unpaired) electrons. The molecule has 0 saturated heterocycles. The van der Waals surface area contributed by atoms with Gasteiger partial charge in [0.05, 0.1) is 12.8 Å². The first-order valence-electron chi connectivity index (χ1n) is 5.97. The Bertz CT molecular complexity index is 582. The largest absolute Gasteiger partial charge is 0.481 e. The SMILES string of the molecule is COc1ncccc1C(N)Cc1c(C)nn(C)c1Cl. The molecule has 0 spiro atoms. The van der Waals surface area contributed by atoms with E-state index in [1.165, 1.54) is 0 Å². The Morgan fingerprint density at radius 2 is 2.26 bits per heavy atom. The van der Waals surface area contributed by atoms with E-state index in [4.69, 9.17) is 22.1 Å². The average Bonchev–Trinajstić information content (AvgIpc) is 2.65. The van der Waals surface area contributed by atoms with Gasteiger partial charge in [-0.1, -0.05) is 17.7 Å². The summed E-state index contributed by atoms with van der Waals surface area (Å²) in [6.07, 6.45) is 2.28. The van der Waals surface area contributed by atoms with Crippen LogP contribution in [-0.2, 0) is 13.5 Å². The first-order chi connectivity index (χ1) is 9.04. The molecule has 1 unspecified atom stereocenters. The second kappa shape index (κ2) is 5.59. The zero-order valence-corrected chi connectivity index (χ0v) is 12.0. The first-order valence-corrected chi connectivity index (χ1v) is 6.34. The van der Waals surface area contributed by atoms with Crippen LogP contribution in [0, 0.1) is 6.92 Å². The summed E-state index contributed by atoms with van der Waals surface area (Å²) in [5.41, 5.74) is 8.95. The molecular weight excluding hydrogens is 264 g/mol. The molecule has 102 valence electrons. The Morgan fingerprint density at radius 3 is 2.84 bits per heavy atom. The number of pyridine rings is 1. The number of aromatic nitrogens is 3. The third kappa shape index (κ3) is 2.72. The molecule has 0 aromatic carbocycles. The Morgan fingerprint density at radius 1 is 1.53 bits per heavy atom. The highest BCUT2D eigenvalue weighted by atomic mass is 35.5. The maximum atomic E-state index is 6.23. The van der Waals surface area contributed by atoms with Crippen LogP contribution in [0.3, 0.4) is 0 Å². The molecule has 0 bridgehead atoms. The van der Waals surface area contributed by atoms with Crippen molar-refractivity contribution in [3.63, 3.8) is 0 Å². The number of nitrogens with zero attached hydrogens (tertiary/aromatic N) is 3. The lowest BCUT2D eigenvalue weighted by molar-refractivity contribution is 0.388. The van der Waals surface area contributed by atoms with Crippen LogP contribution in [-0.4, -0.2) is 21.9 Å². The number of nitrogens with two attached hydrogens (primary N) is 1. The smallest absolute Gasteiger partial charge is 0.217 e. The highest BCUT2D eigenvalue weighted by molar-refractivity contribution is 6.30. The predicted molar refractivity (Wildman–Crippen MR) is 74.4 cm³/mol. The predicted octanol–water partition coefficient (Wildman–Crippen LogP) is 2.03. The van der Waals surface area contributed by atoms with Gasteiger partial charge in [0.1, 0.15) is 5.15 Å². The summed E-state index contributed by atoms with van der Waals surface area (Å²) in [5.74, 6) is 0.549. The molecular formula is C13H17ClN4O. The summed E-state index contributed by atoms with van der Waals surface area (Å²) in [7, 11) is 3.40. The zero-order chi connectivity index (χ0) is 14.0. The molecule has 6 heteroatoms. The van der Waals surface area contributed by atoms with Crippen molar-refractivity contribution in [1.82, 2.24) is 14.8 Å². The van der Waals surface area contributed by atoms with Crippen LogP contribution < -0.4 is 10.5 Å². The van der Waals surface area contributed by atoms with Gasteiger partial charge in [0.15, 0.2) is 0 Å². The van der Waals surface area contributed by atoms with E-state index in [1.807, 2.05) is 26.1 Å². The standard InChI is InChI=1S/C13H17ClN4O/c1-8-10(12(14)18(2)17-8)7-11(15)9-5-4-6-16-13(9)19-3/h4-6,11H,7,15H2,1-3H3. The quantitative estimate of drug-likeness (QED) is 0.931. The van der Waals surface area contributed by atoms with Gasteiger partial charge in [-0.25, -0.2) is 4.98 Å². The molecule has 0 saturated carbocycles. The third-order valence-corrected chi connectivity index (χ3v) is 3.56. The highest BCUT2D eigenvalue weighted by Crippen LogP contribution is 2.27. The van der Waals surface area contributed by atoms with Crippen LogP contribution in [0.2, 0.25) is 5.15 Å². The van der Waals surface area contributed by atoms with Crippen molar-refractivity contribution in [3.8, 4) is 5.88 Å². The van der Waals surface area contributed by atoms with Crippen molar-refractivity contribution in [3.05, 3.63) is 40.3 Å². The van der Waals surface area contributed by atoms with Crippen LogP contribution in [0.4, 0.5) is 0 Å². The number of ether oxygens (including phenoxy) is 1. The Labute approximate surface area is 117 Å². The van der Waals surface area contributed by atoms with E-state index in [1.54, 1.807) is 18.0 Å². The molecule has 2 heterocycles. The van der Waals surface area contributed by atoms with E-state index in [2.05, 4.69) is 10.1 Å². The highest BCUT2D eigenvalue weighted by Gasteiger charge is 2.18. The lowest BCUT2D eigenvalue weighted by atomic mass is 10.0. The molecule has 19 heavy (non-hydrogen) atoms. The number of hydrogen-bond donors (Lipinski definition) is 1. The molecule has 0 fully saturated rings. The molecule has 5 nitrogen and oxygen atoms in total. The van der Waals surface area contributed by atoms with Gasteiger partial charge in [-0.05, 0) is 19.4 Å². The second-order valence-corrected chi connectivity index (χ2v) is 4.75. The van der Waals surface area contributed by atoms with E-state index >= 15 is 0 Å². The molecule has 2 rings (SSSR count). The van der Waals surface area contributed by atoms with Gasteiger partial charge >= 0.3 is 0 Å². The Hall–Kier alpha value is -1.59. The number of hydrogen-bond acceptors (Lipinski definition) is 4. The van der Waals surface area contributed by atoms with E-state index in [0.29, 0.717) is 17.5 Å². The first kappa shape index (κ1) is 13.8. The van der Waals surface area contributed by atoms with Crippen molar-refractivity contribution in [1.29, 1.82) is 0 Å². The zero-order valence-electron chi connectivity index (χ0n) is 11.2. The van der Waals surface area contributed by atoms with Crippen molar-refractivity contribution in [2.24, 2.45) is 12.8 Å². The molecule has 0 aliphatic carbocycles. The summed E-state index contributed by atoms with van der Waals surface area (Å²) in [6, 6.07) is 3.52. The van der Waals surface area contributed by atoms with Crippen LogP contribution in [0.1, 0.15) is 22.9 Å². The fourth-order valence-electron chi connectivity index (χ4n) is 2.09. The Balaban J connectivity index is 2.28. The number of rotatable bonds is 4. The lowest BCUT2D eigenvalue weighted by Crippen LogP contribution is -2.15.